The van der Waals surface area contributed by atoms with E-state index in [1.54, 1.807) is 81.4 Å². The van der Waals surface area contributed by atoms with Gasteiger partial charge in [0.2, 0.25) is 0 Å². The highest BCUT2D eigenvalue weighted by Crippen LogP contribution is 2.30. The summed E-state index contributed by atoms with van der Waals surface area (Å²) in [6.07, 6.45) is -3.77. The average molecular weight is 401 g/mol. The Morgan fingerprint density at radius 2 is 1.55 bits per heavy atom. The van der Waals surface area contributed by atoms with Crippen LogP contribution in [0.4, 0.5) is 13.6 Å². The van der Waals surface area contributed by atoms with Crippen molar-refractivity contribution in [2.24, 2.45) is 0 Å². The quantitative estimate of drug-likeness (QED) is 0.729. The number of halogens is 2. The number of carboxylic acid groups (broad SMARTS) is 1. The first-order valence-electron chi connectivity index (χ1n) is 9.22. The van der Waals surface area contributed by atoms with Gasteiger partial charge in [0.25, 0.3) is 0 Å². The molecule has 2 N–H and O–H groups in total. The van der Waals surface area contributed by atoms with Crippen molar-refractivity contribution in [3.05, 3.63) is 71.8 Å². The summed E-state index contributed by atoms with van der Waals surface area (Å²) in [5, 5.41) is 20.3. The molecule has 2 aromatic carbocycles. The molecule has 0 saturated heterocycles. The average Bonchev–Trinajstić information content (AvgIpc) is 2.65. The highest BCUT2D eigenvalue weighted by Gasteiger charge is 2.48. The van der Waals surface area contributed by atoms with Crippen molar-refractivity contribution < 1.29 is 23.8 Å². The Balaban J connectivity index is 2.43. The van der Waals surface area contributed by atoms with Gasteiger partial charge in [0.1, 0.15) is 0 Å². The van der Waals surface area contributed by atoms with Gasteiger partial charge in [0, 0.05) is 11.1 Å². The second kappa shape index (κ2) is 9.06. The van der Waals surface area contributed by atoms with E-state index in [1.165, 1.54) is 0 Å². The molecule has 0 heterocycles. The van der Waals surface area contributed by atoms with Crippen LogP contribution in [0.2, 0.25) is 0 Å². The van der Waals surface area contributed by atoms with Crippen LogP contribution in [-0.4, -0.2) is 44.8 Å². The summed E-state index contributed by atoms with van der Waals surface area (Å²) >= 11 is 0. The molecule has 4 nitrogen and oxygen atoms in total. The van der Waals surface area contributed by atoms with E-state index >= 15 is 0 Å². The molecule has 0 fully saturated rings. The number of benzene rings is 2. The standard InChI is InChI=1S/C23H25F2NO3/c1-22(2,3)26(21(28)29)19(16-18-12-8-5-9-13-18)20(27)23(24,25)15-14-17-10-6-4-7-11-17/h4-13,19-20,27H,16H2,1-3H3,(H,28,29)/t19-,20-/m0/s1. The molecular weight excluding hydrogens is 376 g/mol. The van der Waals surface area contributed by atoms with Crippen LogP contribution < -0.4 is 0 Å². The number of rotatable bonds is 5. The molecule has 154 valence electrons. The van der Waals surface area contributed by atoms with Gasteiger partial charge in [0.15, 0.2) is 6.10 Å². The summed E-state index contributed by atoms with van der Waals surface area (Å²) in [6.45, 7) is 4.79. The van der Waals surface area contributed by atoms with Gasteiger partial charge < -0.3 is 10.2 Å². The van der Waals surface area contributed by atoms with Gasteiger partial charge in [0.05, 0.1) is 6.04 Å². The zero-order chi connectivity index (χ0) is 21.7. The molecule has 2 rings (SSSR count). The lowest BCUT2D eigenvalue weighted by atomic mass is 9.92. The van der Waals surface area contributed by atoms with Crippen LogP contribution >= 0.6 is 0 Å². The SMILES string of the molecule is CC(C)(C)N(C(=O)O)[C@@H](Cc1ccccc1)[C@H](O)C(F)(F)C#Cc1ccccc1. The van der Waals surface area contributed by atoms with Crippen LogP contribution in [-0.2, 0) is 6.42 Å². The maximum atomic E-state index is 14.8. The fourth-order valence-corrected chi connectivity index (χ4v) is 3.12. The second-order valence-electron chi connectivity index (χ2n) is 7.76. The Kier molecular flexibility index (Phi) is 6.99. The number of alkyl halides is 2. The zero-order valence-electron chi connectivity index (χ0n) is 16.6. The number of amides is 1. The predicted molar refractivity (Wildman–Crippen MR) is 108 cm³/mol. The summed E-state index contributed by atoms with van der Waals surface area (Å²) in [5.74, 6) is 0.388. The normalized spacial score (nSPS) is 13.7. The zero-order valence-corrected chi connectivity index (χ0v) is 16.6. The van der Waals surface area contributed by atoms with Crippen LogP contribution in [0.1, 0.15) is 31.9 Å². The molecule has 6 heteroatoms. The predicted octanol–water partition coefficient (Wildman–Crippen LogP) is 4.42. The van der Waals surface area contributed by atoms with Crippen molar-refractivity contribution >= 4 is 6.09 Å². The van der Waals surface area contributed by atoms with Gasteiger partial charge >= 0.3 is 12.0 Å². The Labute approximate surface area is 169 Å². The molecular formula is C23H25F2NO3. The maximum absolute atomic E-state index is 14.8. The molecule has 0 radical (unpaired) electrons. The number of hydrogen-bond donors (Lipinski definition) is 2. The Bertz CT molecular complexity index is 868. The topological polar surface area (TPSA) is 60.8 Å². The first kappa shape index (κ1) is 22.4. The third-order valence-electron chi connectivity index (χ3n) is 4.43. The lowest BCUT2D eigenvalue weighted by Crippen LogP contribution is -2.60. The van der Waals surface area contributed by atoms with Crippen LogP contribution in [0.5, 0.6) is 0 Å². The molecule has 2 aromatic rings. The van der Waals surface area contributed by atoms with Crippen molar-refractivity contribution in [2.75, 3.05) is 0 Å². The number of nitrogens with zero attached hydrogens (tertiary/aromatic N) is 1. The number of aliphatic hydroxyl groups is 1. The van der Waals surface area contributed by atoms with Crippen molar-refractivity contribution in [3.8, 4) is 11.8 Å². The Hall–Kier alpha value is -2.91. The van der Waals surface area contributed by atoms with Crippen LogP contribution in [0.15, 0.2) is 60.7 Å². The largest absolute Gasteiger partial charge is 0.465 e. The van der Waals surface area contributed by atoms with Crippen molar-refractivity contribution in [1.82, 2.24) is 4.90 Å². The van der Waals surface area contributed by atoms with Gasteiger partial charge in [-0.05, 0) is 50.8 Å². The fourth-order valence-electron chi connectivity index (χ4n) is 3.12. The highest BCUT2D eigenvalue weighted by molar-refractivity contribution is 5.66. The van der Waals surface area contributed by atoms with Crippen molar-refractivity contribution in [2.45, 2.75) is 50.8 Å². The minimum absolute atomic E-state index is 0.0752. The lowest BCUT2D eigenvalue weighted by Gasteiger charge is -2.42. The molecule has 0 spiro atoms. The van der Waals surface area contributed by atoms with E-state index in [2.05, 4.69) is 5.92 Å². The van der Waals surface area contributed by atoms with Gasteiger partial charge in [-0.15, -0.1) is 0 Å². The van der Waals surface area contributed by atoms with Gasteiger partial charge in [-0.3, -0.25) is 4.90 Å². The van der Waals surface area contributed by atoms with Gasteiger partial charge in [-0.1, -0.05) is 54.5 Å². The molecule has 0 unspecified atom stereocenters. The minimum atomic E-state index is -3.81. The molecule has 1 amide bonds. The molecule has 0 aliphatic carbocycles. The second-order valence-corrected chi connectivity index (χ2v) is 7.76. The van der Waals surface area contributed by atoms with E-state index in [1.807, 2.05) is 5.92 Å². The maximum Gasteiger partial charge on any atom is 0.408 e. The molecule has 0 aliphatic rings. The van der Waals surface area contributed by atoms with E-state index in [0.29, 0.717) is 11.1 Å². The minimum Gasteiger partial charge on any atom is -0.465 e. The first-order chi connectivity index (χ1) is 13.5. The molecule has 2 atom stereocenters. The van der Waals surface area contributed by atoms with E-state index < -0.39 is 29.7 Å². The van der Waals surface area contributed by atoms with Crippen LogP contribution in [0, 0.1) is 11.8 Å². The summed E-state index contributed by atoms with van der Waals surface area (Å²) < 4.78 is 29.6. The van der Waals surface area contributed by atoms with Crippen LogP contribution in [0.3, 0.4) is 0 Å². The Morgan fingerprint density at radius 1 is 1.03 bits per heavy atom. The summed E-state index contributed by atoms with van der Waals surface area (Å²) in [7, 11) is 0. The van der Waals surface area contributed by atoms with Gasteiger partial charge in [-0.25, -0.2) is 4.79 Å². The molecule has 0 bridgehead atoms. The van der Waals surface area contributed by atoms with Crippen molar-refractivity contribution in [1.29, 1.82) is 0 Å². The van der Waals surface area contributed by atoms with Crippen molar-refractivity contribution in [3.63, 3.8) is 0 Å². The van der Waals surface area contributed by atoms with E-state index in [9.17, 15) is 23.8 Å². The summed E-state index contributed by atoms with van der Waals surface area (Å²) in [4.78, 5) is 12.8. The third-order valence-corrected chi connectivity index (χ3v) is 4.43. The number of hydrogen-bond acceptors (Lipinski definition) is 2. The fraction of sp³-hybridized carbons (Fsp3) is 0.348. The number of carbonyl (C=O) groups is 1. The molecule has 29 heavy (non-hydrogen) atoms. The van der Waals surface area contributed by atoms with E-state index in [-0.39, 0.29) is 6.42 Å². The number of aliphatic hydroxyl groups excluding tert-OH is 1. The molecule has 0 saturated carbocycles. The third kappa shape index (κ3) is 6.03. The highest BCUT2D eigenvalue weighted by atomic mass is 19.3. The van der Waals surface area contributed by atoms with E-state index in [4.69, 9.17) is 0 Å². The van der Waals surface area contributed by atoms with E-state index in [0.717, 1.165) is 4.90 Å². The summed E-state index contributed by atoms with van der Waals surface area (Å²) in [5.41, 5.74) is 0.0126. The smallest absolute Gasteiger partial charge is 0.408 e. The van der Waals surface area contributed by atoms with Gasteiger partial charge in [-0.2, -0.15) is 8.78 Å². The monoisotopic (exact) mass is 401 g/mol. The molecule has 0 aromatic heterocycles. The molecule has 0 aliphatic heterocycles. The van der Waals surface area contributed by atoms with Crippen LogP contribution in [0.25, 0.3) is 0 Å². The first-order valence-corrected chi connectivity index (χ1v) is 9.22. The lowest BCUT2D eigenvalue weighted by molar-refractivity contribution is -0.107. The Morgan fingerprint density at radius 3 is 2.03 bits per heavy atom. The summed E-state index contributed by atoms with van der Waals surface area (Å²) in [6, 6.07) is 15.5.